The van der Waals surface area contributed by atoms with Crippen LogP contribution in [-0.2, 0) is 13.1 Å². The lowest BCUT2D eigenvalue weighted by atomic mass is 10.1. The molecule has 4 aromatic rings. The van der Waals surface area contributed by atoms with Crippen molar-refractivity contribution in [3.05, 3.63) is 112 Å². The van der Waals surface area contributed by atoms with Crippen LogP contribution in [-0.4, -0.2) is 11.8 Å². The molecule has 5 nitrogen and oxygen atoms in total. The lowest BCUT2D eigenvalue weighted by Gasteiger charge is -2.22. The van der Waals surface area contributed by atoms with Gasteiger partial charge in [-0.05, 0) is 53.4 Å². The molecule has 8 heteroatoms. The summed E-state index contributed by atoms with van der Waals surface area (Å²) in [5.41, 5.74) is 1.06. The highest BCUT2D eigenvalue weighted by atomic mass is 32.1. The second-order valence-electron chi connectivity index (χ2n) is 6.92. The van der Waals surface area contributed by atoms with Crippen molar-refractivity contribution in [2.45, 2.75) is 13.1 Å². The van der Waals surface area contributed by atoms with Crippen molar-refractivity contribution in [1.82, 2.24) is 5.32 Å². The minimum absolute atomic E-state index is 0.0208. The number of benzene rings is 2. The molecule has 2 aromatic heterocycles. The number of amides is 2. The highest BCUT2D eigenvalue weighted by molar-refractivity contribution is 7.12. The summed E-state index contributed by atoms with van der Waals surface area (Å²) in [6.45, 7) is 0.279. The van der Waals surface area contributed by atoms with Gasteiger partial charge in [-0.1, -0.05) is 18.2 Å². The molecule has 0 saturated carbocycles. The van der Waals surface area contributed by atoms with E-state index in [0.717, 1.165) is 17.7 Å². The molecule has 0 spiro atoms. The monoisotopic (exact) mass is 452 g/mol. The normalized spacial score (nSPS) is 10.7. The van der Waals surface area contributed by atoms with E-state index in [4.69, 9.17) is 4.42 Å². The van der Waals surface area contributed by atoms with E-state index in [1.54, 1.807) is 48.5 Å². The van der Waals surface area contributed by atoms with Crippen LogP contribution in [0, 0.1) is 11.6 Å². The van der Waals surface area contributed by atoms with Crippen molar-refractivity contribution in [3.8, 4) is 0 Å². The van der Waals surface area contributed by atoms with Gasteiger partial charge in [0.05, 0.1) is 23.4 Å². The fourth-order valence-electron chi connectivity index (χ4n) is 3.12. The van der Waals surface area contributed by atoms with Crippen LogP contribution in [0.15, 0.2) is 82.8 Å². The van der Waals surface area contributed by atoms with Gasteiger partial charge in [0.2, 0.25) is 0 Å². The molecule has 0 bridgehead atoms. The first-order valence-corrected chi connectivity index (χ1v) is 10.6. The number of furan rings is 1. The van der Waals surface area contributed by atoms with Crippen LogP contribution >= 0.6 is 11.3 Å². The van der Waals surface area contributed by atoms with E-state index in [2.05, 4.69) is 5.32 Å². The maximum Gasteiger partial charge on any atom is 0.261 e. The van der Waals surface area contributed by atoms with Crippen molar-refractivity contribution in [2.75, 3.05) is 4.90 Å². The van der Waals surface area contributed by atoms with Crippen LogP contribution in [0.3, 0.4) is 0 Å². The van der Waals surface area contributed by atoms with E-state index in [-0.39, 0.29) is 18.1 Å². The zero-order chi connectivity index (χ0) is 22.5. The van der Waals surface area contributed by atoms with Gasteiger partial charge in [-0.2, -0.15) is 0 Å². The van der Waals surface area contributed by atoms with Crippen molar-refractivity contribution < 1.29 is 22.8 Å². The summed E-state index contributed by atoms with van der Waals surface area (Å²) in [5.74, 6) is -1.77. The summed E-state index contributed by atoms with van der Waals surface area (Å²) < 4.78 is 33.2. The Kier molecular flexibility index (Phi) is 6.42. The highest BCUT2D eigenvalue weighted by Crippen LogP contribution is 2.25. The van der Waals surface area contributed by atoms with E-state index >= 15 is 0 Å². The Hall–Kier alpha value is -3.78. The lowest BCUT2D eigenvalue weighted by molar-refractivity contribution is 0.0952. The van der Waals surface area contributed by atoms with Crippen molar-refractivity contribution in [1.29, 1.82) is 0 Å². The predicted molar refractivity (Wildman–Crippen MR) is 118 cm³/mol. The Bertz CT molecular complexity index is 1210. The maximum atomic E-state index is 14.5. The van der Waals surface area contributed by atoms with Gasteiger partial charge in [-0.15, -0.1) is 11.3 Å². The number of anilines is 1. The number of carbonyl (C=O) groups is 2. The molecule has 0 aliphatic heterocycles. The van der Waals surface area contributed by atoms with Gasteiger partial charge in [0.15, 0.2) is 0 Å². The zero-order valence-electron chi connectivity index (χ0n) is 16.8. The van der Waals surface area contributed by atoms with E-state index < -0.39 is 17.5 Å². The predicted octanol–water partition coefficient (Wildman–Crippen LogP) is 5.40. The van der Waals surface area contributed by atoms with Crippen LogP contribution in [0.2, 0.25) is 0 Å². The molecule has 0 atom stereocenters. The zero-order valence-corrected chi connectivity index (χ0v) is 17.6. The molecule has 0 unspecified atom stereocenters. The molecule has 0 radical (unpaired) electrons. The summed E-state index contributed by atoms with van der Waals surface area (Å²) in [5, 5.41) is 4.65. The van der Waals surface area contributed by atoms with Gasteiger partial charge < -0.3 is 9.73 Å². The highest BCUT2D eigenvalue weighted by Gasteiger charge is 2.22. The molecule has 32 heavy (non-hydrogen) atoms. The smallest absolute Gasteiger partial charge is 0.261 e. The van der Waals surface area contributed by atoms with Gasteiger partial charge in [0.1, 0.15) is 17.4 Å². The molecule has 2 aromatic carbocycles. The van der Waals surface area contributed by atoms with Crippen LogP contribution in [0.25, 0.3) is 0 Å². The number of halogens is 2. The summed E-state index contributed by atoms with van der Waals surface area (Å²) >= 11 is 1.35. The number of carbonyl (C=O) groups excluding carboxylic acids is 2. The fourth-order valence-corrected chi connectivity index (χ4v) is 3.76. The Morgan fingerprint density at radius 1 is 1.00 bits per heavy atom. The van der Waals surface area contributed by atoms with Gasteiger partial charge >= 0.3 is 0 Å². The number of thiophene rings is 1. The van der Waals surface area contributed by atoms with E-state index in [0.29, 0.717) is 22.7 Å². The largest absolute Gasteiger partial charge is 0.467 e. The third-order valence-corrected chi connectivity index (χ3v) is 5.61. The van der Waals surface area contributed by atoms with Crippen LogP contribution < -0.4 is 10.2 Å². The molecule has 0 aliphatic rings. The first kappa shape index (κ1) is 21.5. The Morgan fingerprint density at radius 3 is 2.47 bits per heavy atom. The second kappa shape index (κ2) is 9.57. The van der Waals surface area contributed by atoms with Gasteiger partial charge in [-0.3, -0.25) is 14.5 Å². The molecule has 162 valence electrons. The third-order valence-electron chi connectivity index (χ3n) is 4.74. The molecule has 0 aliphatic carbocycles. The molecule has 2 amide bonds. The molecule has 0 fully saturated rings. The first-order valence-electron chi connectivity index (χ1n) is 9.71. The standard InChI is InChI=1S/C24H18F2N2O3S/c25-18-9-10-21(20(26)13-18)28(15-19-3-1-11-31-19)24(30)17-7-5-16(6-8-17)14-27-23(29)22-4-2-12-32-22/h1-13H,14-15H2,(H,27,29). The minimum atomic E-state index is -0.849. The van der Waals surface area contributed by atoms with E-state index in [1.165, 1.54) is 28.6 Å². The lowest BCUT2D eigenvalue weighted by Crippen LogP contribution is -2.31. The summed E-state index contributed by atoms with van der Waals surface area (Å²) in [7, 11) is 0. The van der Waals surface area contributed by atoms with E-state index in [1.807, 2.05) is 5.38 Å². The van der Waals surface area contributed by atoms with Crippen LogP contribution in [0.1, 0.15) is 31.4 Å². The molecule has 1 N–H and O–H groups in total. The van der Waals surface area contributed by atoms with Gasteiger partial charge in [0.25, 0.3) is 11.8 Å². The average Bonchev–Trinajstić information content (AvgIpc) is 3.51. The SMILES string of the molecule is O=C(NCc1ccc(C(=O)N(Cc2ccco2)c2ccc(F)cc2F)cc1)c1cccs1. The number of hydrogen-bond donors (Lipinski definition) is 1. The molecular weight excluding hydrogens is 434 g/mol. The van der Waals surface area contributed by atoms with E-state index in [9.17, 15) is 18.4 Å². The quantitative estimate of drug-likeness (QED) is 0.409. The van der Waals surface area contributed by atoms with Crippen LogP contribution in [0.5, 0.6) is 0 Å². The Labute approximate surface area is 186 Å². The average molecular weight is 452 g/mol. The maximum absolute atomic E-state index is 14.5. The Morgan fingerprint density at radius 2 is 1.81 bits per heavy atom. The number of nitrogens with one attached hydrogen (secondary N) is 1. The van der Waals surface area contributed by atoms with Crippen molar-refractivity contribution in [3.63, 3.8) is 0 Å². The molecule has 4 rings (SSSR count). The summed E-state index contributed by atoms with van der Waals surface area (Å²) in [6.07, 6.45) is 1.46. The molecule has 2 heterocycles. The summed E-state index contributed by atoms with van der Waals surface area (Å²) in [6, 6.07) is 16.6. The number of nitrogens with zero attached hydrogens (tertiary/aromatic N) is 1. The second-order valence-corrected chi connectivity index (χ2v) is 7.87. The topological polar surface area (TPSA) is 62.6 Å². The van der Waals surface area contributed by atoms with Gasteiger partial charge in [0, 0.05) is 18.2 Å². The minimum Gasteiger partial charge on any atom is -0.467 e. The van der Waals surface area contributed by atoms with Gasteiger partial charge in [-0.25, -0.2) is 8.78 Å². The fraction of sp³-hybridized carbons (Fsp3) is 0.0833. The molecule has 0 saturated heterocycles. The van der Waals surface area contributed by atoms with Crippen molar-refractivity contribution in [2.24, 2.45) is 0 Å². The third kappa shape index (κ3) is 4.92. The van der Waals surface area contributed by atoms with Crippen molar-refractivity contribution >= 4 is 28.8 Å². The number of rotatable bonds is 7. The van der Waals surface area contributed by atoms with Crippen LogP contribution in [0.4, 0.5) is 14.5 Å². The molecular formula is C24H18F2N2O3S. The Balaban J connectivity index is 1.52. The first-order chi connectivity index (χ1) is 15.5. The summed E-state index contributed by atoms with van der Waals surface area (Å²) in [4.78, 5) is 27.1. The number of hydrogen-bond acceptors (Lipinski definition) is 4.